The van der Waals surface area contributed by atoms with E-state index in [0.29, 0.717) is 23.2 Å². The maximum absolute atomic E-state index is 12.5. The molecule has 10 nitrogen and oxygen atoms in total. The molecule has 0 radical (unpaired) electrons. The van der Waals surface area contributed by atoms with Gasteiger partial charge in [0.15, 0.2) is 5.11 Å². The number of ether oxygens (including phenoxy) is 2. The van der Waals surface area contributed by atoms with Crippen LogP contribution in [0.15, 0.2) is 41.7 Å². The third-order valence-electron chi connectivity index (χ3n) is 4.72. The largest absolute Gasteiger partial charge is 0.417 e. The molecule has 44 heavy (non-hydrogen) atoms. The lowest BCUT2D eigenvalue weighted by atomic mass is 10.3. The van der Waals surface area contributed by atoms with E-state index in [1.165, 1.54) is 4.68 Å². The van der Waals surface area contributed by atoms with Gasteiger partial charge in [-0.15, -0.1) is 10.2 Å². The average Bonchev–Trinajstić information content (AvgIpc) is 3.53. The van der Waals surface area contributed by atoms with Crippen LogP contribution in [0.2, 0.25) is 10.0 Å². The van der Waals surface area contributed by atoms with Crippen LogP contribution in [0, 0.1) is 13.8 Å². The molecule has 0 saturated heterocycles. The number of isothiocyanates is 1. The van der Waals surface area contributed by atoms with Crippen molar-refractivity contribution in [3.05, 3.63) is 69.2 Å². The minimum absolute atomic E-state index is 0.115. The first-order valence-corrected chi connectivity index (χ1v) is 13.1. The van der Waals surface area contributed by atoms with Crippen molar-refractivity contribution in [3.63, 3.8) is 0 Å². The number of nitrogens with one attached hydrogen (secondary N) is 2. The summed E-state index contributed by atoms with van der Waals surface area (Å²) in [5, 5.41) is 15.2. The highest BCUT2D eigenvalue weighted by molar-refractivity contribution is 7.80. The zero-order valence-corrected chi connectivity index (χ0v) is 25.9. The molecular weight excluding hydrogens is 681 g/mol. The van der Waals surface area contributed by atoms with Crippen LogP contribution in [0.1, 0.15) is 22.5 Å². The first-order valence-electron chi connectivity index (χ1n) is 11.6. The van der Waals surface area contributed by atoms with Crippen molar-refractivity contribution in [1.82, 2.24) is 35.3 Å². The standard InChI is InChI=1S/C12H10ClF3N4OS.C10H7ClF3N3O.C2H3NS/c1-6-3-9(19-20(6)11(22)17-2)21-10-8(13)4-7(5-18-10)12(14,15)16;1-5-2-8(17-16-5)18-9-7(11)3-6(4-15-9)10(12,13)14;1-3-2-4/h3-5H,1-2H3,(H,17,22);2-4H,1H3,(H,16,17);1H3. The maximum Gasteiger partial charge on any atom is 0.417 e. The molecule has 4 rings (SSSR count). The lowest BCUT2D eigenvalue weighted by Crippen LogP contribution is -2.26. The van der Waals surface area contributed by atoms with Crippen LogP contribution in [0.25, 0.3) is 0 Å². The van der Waals surface area contributed by atoms with Crippen molar-refractivity contribution >= 4 is 57.9 Å². The molecule has 0 aliphatic carbocycles. The van der Waals surface area contributed by atoms with E-state index in [4.69, 9.17) is 44.9 Å². The molecule has 0 saturated carbocycles. The number of H-pyrrole nitrogens is 1. The summed E-state index contributed by atoms with van der Waals surface area (Å²) in [6, 6.07) is 4.62. The van der Waals surface area contributed by atoms with Gasteiger partial charge in [-0.25, -0.2) is 19.6 Å². The Morgan fingerprint density at radius 3 is 1.77 bits per heavy atom. The van der Waals surface area contributed by atoms with Crippen LogP contribution >= 0.6 is 47.6 Å². The first kappa shape index (κ1) is 36.4. The monoisotopic (exact) mass is 700 g/mol. The van der Waals surface area contributed by atoms with Gasteiger partial charge in [-0.1, -0.05) is 23.2 Å². The number of halogens is 8. The molecule has 20 heteroatoms. The van der Waals surface area contributed by atoms with Crippen molar-refractivity contribution in [2.24, 2.45) is 4.99 Å². The molecule has 0 aliphatic heterocycles. The highest BCUT2D eigenvalue weighted by Gasteiger charge is 2.32. The van der Waals surface area contributed by atoms with Gasteiger partial charge >= 0.3 is 12.4 Å². The van der Waals surface area contributed by atoms with Crippen molar-refractivity contribution in [2.45, 2.75) is 26.2 Å². The number of aromatic nitrogens is 6. The van der Waals surface area contributed by atoms with Gasteiger partial charge < -0.3 is 14.8 Å². The Labute approximate surface area is 266 Å². The molecule has 236 valence electrons. The van der Waals surface area contributed by atoms with Gasteiger partial charge in [-0.2, -0.15) is 26.3 Å². The van der Waals surface area contributed by atoms with Crippen LogP contribution in [-0.2, 0) is 12.4 Å². The summed E-state index contributed by atoms with van der Waals surface area (Å²) in [5.41, 5.74) is -0.466. The molecule has 0 spiro atoms. The summed E-state index contributed by atoms with van der Waals surface area (Å²) in [5.74, 6) is -0.00298. The third kappa shape index (κ3) is 10.7. The molecule has 2 N–H and O–H groups in total. The Morgan fingerprint density at radius 2 is 1.41 bits per heavy atom. The lowest BCUT2D eigenvalue weighted by Gasteiger charge is -2.08. The average molecular weight is 702 g/mol. The quantitative estimate of drug-likeness (QED) is 0.126. The molecule has 0 bridgehead atoms. The summed E-state index contributed by atoms with van der Waals surface area (Å²) in [4.78, 5) is 10.4. The summed E-state index contributed by atoms with van der Waals surface area (Å²) in [6.45, 7) is 3.49. The fraction of sp³-hybridized carbons (Fsp3) is 0.250. The number of thiocarbonyl (C=S) groups is 2. The van der Waals surface area contributed by atoms with Crippen LogP contribution < -0.4 is 14.8 Å². The van der Waals surface area contributed by atoms with Crippen LogP contribution in [-0.4, -0.2) is 54.3 Å². The molecule has 4 aromatic rings. The van der Waals surface area contributed by atoms with Crippen molar-refractivity contribution in [2.75, 3.05) is 14.1 Å². The number of aliphatic imine (C=N–C) groups is 1. The van der Waals surface area contributed by atoms with E-state index < -0.39 is 23.5 Å². The van der Waals surface area contributed by atoms with Gasteiger partial charge in [0, 0.05) is 50.0 Å². The number of hydrogen-bond acceptors (Lipinski definition) is 9. The highest BCUT2D eigenvalue weighted by atomic mass is 35.5. The maximum atomic E-state index is 12.5. The minimum atomic E-state index is -4.52. The number of alkyl halides is 6. The second-order valence-corrected chi connectivity index (χ2v) is 9.40. The normalized spacial score (nSPS) is 10.8. The van der Waals surface area contributed by atoms with E-state index >= 15 is 0 Å². The van der Waals surface area contributed by atoms with Gasteiger partial charge in [0.05, 0.1) is 16.3 Å². The molecule has 0 atom stereocenters. The highest BCUT2D eigenvalue weighted by Crippen LogP contribution is 2.35. The Bertz CT molecular complexity index is 1640. The Hall–Kier alpha value is -3.83. The fourth-order valence-electron chi connectivity index (χ4n) is 2.76. The van der Waals surface area contributed by atoms with E-state index in [1.54, 1.807) is 40.1 Å². The minimum Gasteiger partial charge on any atom is -0.417 e. The summed E-state index contributed by atoms with van der Waals surface area (Å²) in [6.07, 6.45) is -7.71. The topological polar surface area (TPSA) is 115 Å². The fourth-order valence-corrected chi connectivity index (χ4v) is 3.36. The second-order valence-electron chi connectivity index (χ2n) is 8.02. The van der Waals surface area contributed by atoms with Crippen molar-refractivity contribution < 1.29 is 35.8 Å². The predicted octanol–water partition coefficient (Wildman–Crippen LogP) is 7.70. The summed E-state index contributed by atoms with van der Waals surface area (Å²) >= 11 is 20.6. The molecule has 0 unspecified atom stereocenters. The second kappa shape index (κ2) is 15.8. The van der Waals surface area contributed by atoms with Gasteiger partial charge in [0.2, 0.25) is 23.5 Å². The van der Waals surface area contributed by atoms with E-state index in [2.05, 4.69) is 53.0 Å². The number of aryl methyl sites for hydroxylation is 2. The molecule has 0 aliphatic rings. The Kier molecular flexibility index (Phi) is 13.0. The SMILES string of the molecule is CN=C=S.CNC(=S)n1nc(Oc2ncc(C(F)(F)F)cc2Cl)cc1C.Cc1cc(Oc2ncc(C(F)(F)F)cc2Cl)n[nH]1. The zero-order chi connectivity index (χ0) is 33.2. The predicted molar refractivity (Wildman–Crippen MR) is 157 cm³/mol. The number of rotatable bonds is 4. The van der Waals surface area contributed by atoms with E-state index in [9.17, 15) is 26.3 Å². The van der Waals surface area contributed by atoms with Crippen LogP contribution in [0.4, 0.5) is 26.3 Å². The smallest absolute Gasteiger partial charge is 0.417 e. The lowest BCUT2D eigenvalue weighted by molar-refractivity contribution is -0.138. The number of nitrogens with zero attached hydrogens (tertiary/aromatic N) is 6. The van der Waals surface area contributed by atoms with Crippen molar-refractivity contribution in [1.29, 1.82) is 0 Å². The van der Waals surface area contributed by atoms with Gasteiger partial charge in [-0.05, 0) is 50.4 Å². The number of hydrogen-bond donors (Lipinski definition) is 2. The molecule has 4 heterocycles. The molecule has 0 aromatic carbocycles. The molecular formula is C24H20Cl2F6N8O2S2. The summed E-state index contributed by atoms with van der Waals surface area (Å²) in [7, 11) is 3.23. The van der Waals surface area contributed by atoms with E-state index in [1.807, 2.05) is 0 Å². The molecule has 0 fully saturated rings. The molecule has 4 aromatic heterocycles. The van der Waals surface area contributed by atoms with E-state index in [0.717, 1.165) is 17.8 Å². The summed E-state index contributed by atoms with van der Waals surface area (Å²) < 4.78 is 86.6. The first-order chi connectivity index (χ1) is 20.5. The molecule has 0 amide bonds. The van der Waals surface area contributed by atoms with Gasteiger partial charge in [-0.3, -0.25) is 5.10 Å². The van der Waals surface area contributed by atoms with Crippen molar-refractivity contribution in [3.8, 4) is 23.5 Å². The number of pyridine rings is 2. The zero-order valence-electron chi connectivity index (χ0n) is 22.8. The Balaban J connectivity index is 0.000000278. The number of aromatic amines is 1. The van der Waals surface area contributed by atoms with Gasteiger partial charge in [0.25, 0.3) is 0 Å². The van der Waals surface area contributed by atoms with E-state index in [-0.39, 0.29) is 33.6 Å². The third-order valence-corrected chi connectivity index (χ3v) is 5.82. The Morgan fingerprint density at radius 1 is 0.932 bits per heavy atom. The van der Waals surface area contributed by atoms with Crippen LogP contribution in [0.5, 0.6) is 23.5 Å². The van der Waals surface area contributed by atoms with Gasteiger partial charge in [0.1, 0.15) is 10.0 Å². The van der Waals surface area contributed by atoms with Crippen LogP contribution in [0.3, 0.4) is 0 Å².